The van der Waals surface area contributed by atoms with Crippen molar-refractivity contribution in [1.82, 2.24) is 15.2 Å². The van der Waals surface area contributed by atoms with Gasteiger partial charge < -0.3 is 4.74 Å². The highest BCUT2D eigenvalue weighted by Crippen LogP contribution is 2.44. The minimum atomic E-state index is -0.598. The van der Waals surface area contributed by atoms with E-state index in [1.807, 2.05) is 43.3 Å². The van der Waals surface area contributed by atoms with Crippen LogP contribution in [0.4, 0.5) is 5.69 Å². The number of benzene rings is 1. The topological polar surface area (TPSA) is 68.2 Å². The molecule has 28 heavy (non-hydrogen) atoms. The molecule has 3 aromatic rings. The number of carbonyl (C=O) groups excluding carboxylic acids is 1. The lowest BCUT2D eigenvalue weighted by Gasteiger charge is -2.28. The van der Waals surface area contributed by atoms with E-state index in [4.69, 9.17) is 4.74 Å². The smallest absolute Gasteiger partial charge is 0.247 e. The number of amides is 1. The van der Waals surface area contributed by atoms with Gasteiger partial charge in [-0.1, -0.05) is 36.9 Å². The SMILES string of the molecule is CCCSc1nnc2c(n1)OC(c1ccc(C)s1)N(C(C)=O)c1ccccc1-2. The van der Waals surface area contributed by atoms with Gasteiger partial charge in [0.1, 0.15) is 0 Å². The van der Waals surface area contributed by atoms with E-state index in [9.17, 15) is 4.79 Å². The third kappa shape index (κ3) is 3.49. The van der Waals surface area contributed by atoms with E-state index in [0.29, 0.717) is 16.7 Å². The second kappa shape index (κ2) is 7.89. The Morgan fingerprint density at radius 3 is 2.79 bits per heavy atom. The lowest BCUT2D eigenvalue weighted by molar-refractivity contribution is -0.118. The van der Waals surface area contributed by atoms with Crippen molar-refractivity contribution in [2.45, 2.75) is 38.6 Å². The lowest BCUT2D eigenvalue weighted by Crippen LogP contribution is -2.35. The van der Waals surface area contributed by atoms with Crippen LogP contribution in [0.3, 0.4) is 0 Å². The second-order valence-electron chi connectivity index (χ2n) is 6.42. The van der Waals surface area contributed by atoms with Gasteiger partial charge in [0.25, 0.3) is 0 Å². The number of thiophene rings is 1. The highest BCUT2D eigenvalue weighted by Gasteiger charge is 2.35. The molecule has 0 saturated heterocycles. The quantitative estimate of drug-likeness (QED) is 0.570. The maximum atomic E-state index is 12.7. The Kier molecular flexibility index (Phi) is 5.32. The Bertz CT molecular complexity index is 1020. The molecule has 0 aliphatic carbocycles. The molecule has 2 aromatic heterocycles. The molecule has 0 fully saturated rings. The fourth-order valence-electron chi connectivity index (χ4n) is 3.08. The van der Waals surface area contributed by atoms with Gasteiger partial charge in [-0.05, 0) is 31.5 Å². The summed E-state index contributed by atoms with van der Waals surface area (Å²) >= 11 is 3.15. The number of aromatic nitrogens is 3. The molecule has 1 unspecified atom stereocenters. The van der Waals surface area contributed by atoms with E-state index >= 15 is 0 Å². The molecular formula is C20H20N4O2S2. The van der Waals surface area contributed by atoms with Crippen molar-refractivity contribution in [3.05, 3.63) is 46.2 Å². The summed E-state index contributed by atoms with van der Waals surface area (Å²) in [5.41, 5.74) is 2.09. The number of rotatable bonds is 4. The molecule has 1 amide bonds. The third-order valence-electron chi connectivity index (χ3n) is 4.29. The molecule has 0 radical (unpaired) electrons. The zero-order valence-electron chi connectivity index (χ0n) is 15.9. The monoisotopic (exact) mass is 412 g/mol. The first-order valence-corrected chi connectivity index (χ1v) is 10.9. The molecule has 4 rings (SSSR count). The van der Waals surface area contributed by atoms with Crippen LogP contribution in [0.2, 0.25) is 0 Å². The van der Waals surface area contributed by atoms with Crippen molar-refractivity contribution in [1.29, 1.82) is 0 Å². The molecule has 1 aliphatic rings. The fourth-order valence-corrected chi connectivity index (χ4v) is 4.61. The van der Waals surface area contributed by atoms with E-state index in [1.54, 1.807) is 34.9 Å². The van der Waals surface area contributed by atoms with Crippen LogP contribution in [0.15, 0.2) is 41.6 Å². The van der Waals surface area contributed by atoms with E-state index in [0.717, 1.165) is 33.2 Å². The van der Waals surface area contributed by atoms with Crippen molar-refractivity contribution < 1.29 is 9.53 Å². The van der Waals surface area contributed by atoms with E-state index in [-0.39, 0.29) is 5.91 Å². The summed E-state index contributed by atoms with van der Waals surface area (Å²) in [6, 6.07) is 11.7. The Labute approximate surface area is 172 Å². The van der Waals surface area contributed by atoms with Gasteiger partial charge in [0.2, 0.25) is 23.2 Å². The number of hydrogen-bond acceptors (Lipinski definition) is 7. The third-order valence-corrected chi connectivity index (χ3v) is 6.37. The van der Waals surface area contributed by atoms with Crippen molar-refractivity contribution in [2.75, 3.05) is 10.7 Å². The average Bonchev–Trinajstić information content (AvgIpc) is 3.06. The molecule has 6 nitrogen and oxygen atoms in total. The van der Waals surface area contributed by atoms with Gasteiger partial charge in [-0.25, -0.2) is 0 Å². The standard InChI is InChI=1S/C20H20N4O2S2/c1-4-11-27-20-21-18-17(22-23-20)14-7-5-6-8-15(14)24(13(3)25)19(26-18)16-10-9-12(2)28-16/h5-10,19H,4,11H2,1-3H3. The first kappa shape index (κ1) is 18.9. The number of ether oxygens (including phenoxy) is 1. The first-order valence-electron chi connectivity index (χ1n) is 9.08. The molecular weight excluding hydrogens is 392 g/mol. The van der Waals surface area contributed by atoms with Crippen LogP contribution < -0.4 is 9.64 Å². The average molecular weight is 413 g/mol. The van der Waals surface area contributed by atoms with Crippen molar-refractivity contribution in [3.8, 4) is 17.1 Å². The fraction of sp³-hybridized carbons (Fsp3) is 0.300. The Morgan fingerprint density at radius 2 is 2.07 bits per heavy atom. The molecule has 0 spiro atoms. The molecule has 1 atom stereocenters. The van der Waals surface area contributed by atoms with E-state index in [2.05, 4.69) is 22.1 Å². The molecule has 0 saturated carbocycles. The second-order valence-corrected chi connectivity index (χ2v) is 8.80. The lowest BCUT2D eigenvalue weighted by atomic mass is 10.1. The summed E-state index contributed by atoms with van der Waals surface area (Å²) in [5.74, 6) is 1.20. The number of carbonyl (C=O) groups is 1. The summed E-state index contributed by atoms with van der Waals surface area (Å²) in [6.07, 6.45) is 0.420. The van der Waals surface area contributed by atoms with Gasteiger partial charge in [0, 0.05) is 23.1 Å². The predicted molar refractivity (Wildman–Crippen MR) is 112 cm³/mol. The molecule has 3 heterocycles. The van der Waals surface area contributed by atoms with Crippen LogP contribution in [0.5, 0.6) is 5.88 Å². The molecule has 8 heteroatoms. The van der Waals surface area contributed by atoms with Crippen molar-refractivity contribution >= 4 is 34.7 Å². The maximum absolute atomic E-state index is 12.7. The number of aryl methyl sites for hydroxylation is 1. The zero-order valence-corrected chi connectivity index (χ0v) is 17.5. The minimum absolute atomic E-state index is 0.107. The molecule has 144 valence electrons. The number of thioether (sulfide) groups is 1. The van der Waals surface area contributed by atoms with Gasteiger partial charge >= 0.3 is 0 Å². The van der Waals surface area contributed by atoms with Crippen LogP contribution in [0.1, 0.15) is 36.3 Å². The minimum Gasteiger partial charge on any atom is -0.446 e. The molecule has 1 aromatic carbocycles. The summed E-state index contributed by atoms with van der Waals surface area (Å²) in [4.78, 5) is 21.0. The number of para-hydroxylation sites is 1. The van der Waals surface area contributed by atoms with Crippen LogP contribution in [0.25, 0.3) is 11.3 Å². The van der Waals surface area contributed by atoms with Crippen molar-refractivity contribution in [3.63, 3.8) is 0 Å². The van der Waals surface area contributed by atoms with Crippen LogP contribution in [-0.4, -0.2) is 26.8 Å². The predicted octanol–water partition coefficient (Wildman–Crippen LogP) is 4.85. The largest absolute Gasteiger partial charge is 0.446 e. The van der Waals surface area contributed by atoms with Gasteiger partial charge in [0.05, 0.1) is 10.6 Å². The Hall–Kier alpha value is -2.45. The summed E-state index contributed by atoms with van der Waals surface area (Å²) < 4.78 is 6.32. The number of fused-ring (bicyclic) bond motifs is 3. The van der Waals surface area contributed by atoms with Crippen LogP contribution in [0, 0.1) is 6.92 Å². The van der Waals surface area contributed by atoms with Gasteiger partial charge in [0.15, 0.2) is 5.69 Å². The summed E-state index contributed by atoms with van der Waals surface area (Å²) in [7, 11) is 0. The number of nitrogens with zero attached hydrogens (tertiary/aromatic N) is 4. The zero-order chi connectivity index (χ0) is 19.7. The highest BCUT2D eigenvalue weighted by molar-refractivity contribution is 7.99. The van der Waals surface area contributed by atoms with E-state index < -0.39 is 6.23 Å². The van der Waals surface area contributed by atoms with Crippen LogP contribution in [-0.2, 0) is 4.79 Å². The Morgan fingerprint density at radius 1 is 1.25 bits per heavy atom. The molecule has 0 bridgehead atoms. The normalized spacial score (nSPS) is 15.4. The van der Waals surface area contributed by atoms with Gasteiger partial charge in [-0.3, -0.25) is 9.69 Å². The van der Waals surface area contributed by atoms with Gasteiger partial charge in [-0.2, -0.15) is 4.98 Å². The number of anilines is 1. The maximum Gasteiger partial charge on any atom is 0.247 e. The first-order chi connectivity index (χ1) is 13.6. The molecule has 0 N–H and O–H groups in total. The summed E-state index contributed by atoms with van der Waals surface area (Å²) in [5, 5.41) is 9.25. The van der Waals surface area contributed by atoms with Crippen LogP contribution >= 0.6 is 23.1 Å². The van der Waals surface area contributed by atoms with E-state index in [1.165, 1.54) is 0 Å². The number of hydrogen-bond donors (Lipinski definition) is 0. The summed E-state index contributed by atoms with van der Waals surface area (Å²) in [6.45, 7) is 5.69. The highest BCUT2D eigenvalue weighted by atomic mass is 32.2. The Balaban J connectivity index is 1.89. The molecule has 1 aliphatic heterocycles. The van der Waals surface area contributed by atoms with Crippen molar-refractivity contribution in [2.24, 2.45) is 0 Å². The van der Waals surface area contributed by atoms with Gasteiger partial charge in [-0.15, -0.1) is 21.5 Å².